The van der Waals surface area contributed by atoms with Gasteiger partial charge in [0.25, 0.3) is 0 Å². The van der Waals surface area contributed by atoms with E-state index in [2.05, 4.69) is 11.9 Å². The molecule has 2 atom stereocenters. The quantitative estimate of drug-likeness (QED) is 0.749. The van der Waals surface area contributed by atoms with Gasteiger partial charge in [-0.05, 0) is 43.0 Å². The number of hydrogen-bond donors (Lipinski definition) is 0. The molecule has 1 aromatic carbocycles. The number of carbonyl (C=O) groups excluding carboxylic acids is 1. The molecule has 1 aromatic heterocycles. The number of Topliss-reactive ketones (excluding diaryl/α,β-unsaturated/α-hetero) is 1. The molecule has 98 valence electrons. The summed E-state index contributed by atoms with van der Waals surface area (Å²) < 4.78 is 0. The highest BCUT2D eigenvalue weighted by atomic mass is 16.1. The monoisotopic (exact) mass is 253 g/mol. The van der Waals surface area contributed by atoms with Gasteiger partial charge in [0.1, 0.15) is 0 Å². The van der Waals surface area contributed by atoms with E-state index in [0.29, 0.717) is 11.7 Å². The molecule has 1 saturated carbocycles. The van der Waals surface area contributed by atoms with Crippen molar-refractivity contribution in [2.24, 2.45) is 11.8 Å². The third kappa shape index (κ3) is 2.53. The van der Waals surface area contributed by atoms with Gasteiger partial charge in [-0.15, -0.1) is 0 Å². The first-order valence-electron chi connectivity index (χ1n) is 7.13. The molecule has 2 unspecified atom stereocenters. The number of aromatic nitrogens is 1. The van der Waals surface area contributed by atoms with Crippen molar-refractivity contribution in [1.82, 2.24) is 4.98 Å². The number of pyridine rings is 1. The molecule has 0 N–H and O–H groups in total. The fourth-order valence-corrected chi connectivity index (χ4v) is 3.14. The number of hydrogen-bond acceptors (Lipinski definition) is 2. The van der Waals surface area contributed by atoms with Crippen molar-refractivity contribution in [3.05, 3.63) is 42.1 Å². The van der Waals surface area contributed by atoms with Crippen molar-refractivity contribution in [2.45, 2.75) is 32.6 Å². The van der Waals surface area contributed by atoms with E-state index in [1.807, 2.05) is 30.3 Å². The van der Waals surface area contributed by atoms with Gasteiger partial charge in [0, 0.05) is 23.1 Å². The molecular formula is C17H19NO. The molecule has 0 amide bonds. The van der Waals surface area contributed by atoms with E-state index in [9.17, 15) is 4.79 Å². The SMILES string of the molecule is CC1CCCC(C(=O)c2ccc3ncccc3c2)C1. The van der Waals surface area contributed by atoms with Gasteiger partial charge >= 0.3 is 0 Å². The van der Waals surface area contributed by atoms with Gasteiger partial charge in [-0.3, -0.25) is 9.78 Å². The molecule has 0 radical (unpaired) electrons. The summed E-state index contributed by atoms with van der Waals surface area (Å²) in [6.07, 6.45) is 6.34. The molecule has 2 heteroatoms. The second-order valence-electron chi connectivity index (χ2n) is 5.74. The summed E-state index contributed by atoms with van der Waals surface area (Å²) in [7, 11) is 0. The van der Waals surface area contributed by atoms with Crippen LogP contribution >= 0.6 is 0 Å². The van der Waals surface area contributed by atoms with Gasteiger partial charge in [-0.2, -0.15) is 0 Å². The minimum Gasteiger partial charge on any atom is -0.294 e. The van der Waals surface area contributed by atoms with Crippen molar-refractivity contribution in [3.63, 3.8) is 0 Å². The minimum absolute atomic E-state index is 0.220. The van der Waals surface area contributed by atoms with Crippen LogP contribution in [0.25, 0.3) is 10.9 Å². The number of benzene rings is 1. The highest BCUT2D eigenvalue weighted by Crippen LogP contribution is 2.31. The minimum atomic E-state index is 0.220. The van der Waals surface area contributed by atoms with Crippen LogP contribution in [0.2, 0.25) is 0 Å². The van der Waals surface area contributed by atoms with Crippen LogP contribution in [-0.2, 0) is 0 Å². The van der Waals surface area contributed by atoms with E-state index < -0.39 is 0 Å². The van der Waals surface area contributed by atoms with Crippen LogP contribution in [-0.4, -0.2) is 10.8 Å². The highest BCUT2D eigenvalue weighted by Gasteiger charge is 2.25. The predicted molar refractivity (Wildman–Crippen MR) is 77.2 cm³/mol. The van der Waals surface area contributed by atoms with E-state index >= 15 is 0 Å². The molecular weight excluding hydrogens is 234 g/mol. The molecule has 2 nitrogen and oxygen atoms in total. The summed E-state index contributed by atoms with van der Waals surface area (Å²) in [5.41, 5.74) is 1.80. The third-order valence-corrected chi connectivity index (χ3v) is 4.19. The zero-order valence-electron chi connectivity index (χ0n) is 11.3. The van der Waals surface area contributed by atoms with Crippen LogP contribution in [0.3, 0.4) is 0 Å². The zero-order valence-corrected chi connectivity index (χ0v) is 11.3. The maximum Gasteiger partial charge on any atom is 0.165 e. The first-order chi connectivity index (χ1) is 9.24. The topological polar surface area (TPSA) is 30.0 Å². The first-order valence-corrected chi connectivity index (χ1v) is 7.13. The third-order valence-electron chi connectivity index (χ3n) is 4.19. The van der Waals surface area contributed by atoms with Gasteiger partial charge in [0.2, 0.25) is 0 Å². The summed E-state index contributed by atoms with van der Waals surface area (Å²) >= 11 is 0. The summed E-state index contributed by atoms with van der Waals surface area (Å²) in [6.45, 7) is 2.25. The van der Waals surface area contributed by atoms with Crippen LogP contribution in [0.1, 0.15) is 43.0 Å². The predicted octanol–water partition coefficient (Wildman–Crippen LogP) is 4.24. The van der Waals surface area contributed by atoms with Gasteiger partial charge in [-0.1, -0.05) is 25.8 Å². The fourth-order valence-electron chi connectivity index (χ4n) is 3.14. The molecule has 0 spiro atoms. The summed E-state index contributed by atoms with van der Waals surface area (Å²) in [4.78, 5) is 16.9. The van der Waals surface area contributed by atoms with Crippen LogP contribution in [0.4, 0.5) is 0 Å². The summed E-state index contributed by atoms with van der Waals surface area (Å²) in [6, 6.07) is 9.80. The number of nitrogens with zero attached hydrogens (tertiary/aromatic N) is 1. The molecule has 0 saturated heterocycles. The normalized spacial score (nSPS) is 23.4. The second kappa shape index (κ2) is 5.12. The van der Waals surface area contributed by atoms with Crippen molar-refractivity contribution in [2.75, 3.05) is 0 Å². The van der Waals surface area contributed by atoms with Crippen molar-refractivity contribution in [1.29, 1.82) is 0 Å². The number of rotatable bonds is 2. The van der Waals surface area contributed by atoms with Crippen LogP contribution in [0, 0.1) is 11.8 Å². The maximum atomic E-state index is 12.6. The Hall–Kier alpha value is -1.70. The Labute approximate surface area is 113 Å². The van der Waals surface area contributed by atoms with Gasteiger partial charge in [-0.25, -0.2) is 0 Å². The molecule has 0 aliphatic heterocycles. The Balaban J connectivity index is 1.88. The van der Waals surface area contributed by atoms with Gasteiger partial charge < -0.3 is 0 Å². The van der Waals surface area contributed by atoms with Crippen molar-refractivity contribution < 1.29 is 4.79 Å². The molecule has 1 heterocycles. The lowest BCUT2D eigenvalue weighted by atomic mass is 9.78. The van der Waals surface area contributed by atoms with E-state index in [-0.39, 0.29) is 5.92 Å². The first kappa shape index (κ1) is 12.3. The molecule has 1 fully saturated rings. The zero-order chi connectivity index (χ0) is 13.2. The van der Waals surface area contributed by atoms with E-state index in [1.165, 1.54) is 12.8 Å². The highest BCUT2D eigenvalue weighted by molar-refractivity contribution is 6.00. The molecule has 2 aromatic rings. The average Bonchev–Trinajstić information content (AvgIpc) is 2.46. The Kier molecular flexibility index (Phi) is 3.33. The maximum absolute atomic E-state index is 12.6. The molecule has 0 bridgehead atoms. The Morgan fingerprint density at radius 1 is 1.26 bits per heavy atom. The van der Waals surface area contributed by atoms with Crippen LogP contribution in [0.5, 0.6) is 0 Å². The number of ketones is 1. The standard InChI is InChI=1S/C17H19NO/c1-12-4-2-5-14(10-12)17(19)15-7-8-16-13(11-15)6-3-9-18-16/h3,6-9,11-12,14H,2,4-5,10H2,1H3. The average molecular weight is 253 g/mol. The van der Waals surface area contributed by atoms with Crippen molar-refractivity contribution in [3.8, 4) is 0 Å². The Morgan fingerprint density at radius 2 is 2.16 bits per heavy atom. The van der Waals surface area contributed by atoms with Crippen molar-refractivity contribution >= 4 is 16.7 Å². The Bertz CT molecular complexity index is 605. The molecule has 3 rings (SSSR count). The Morgan fingerprint density at radius 3 is 3.00 bits per heavy atom. The second-order valence-corrected chi connectivity index (χ2v) is 5.74. The smallest absolute Gasteiger partial charge is 0.165 e. The lowest BCUT2D eigenvalue weighted by Gasteiger charge is -2.25. The van der Waals surface area contributed by atoms with Gasteiger partial charge in [0.15, 0.2) is 5.78 Å². The number of fused-ring (bicyclic) bond motifs is 1. The lowest BCUT2D eigenvalue weighted by Crippen LogP contribution is -2.21. The molecule has 1 aliphatic rings. The summed E-state index contributed by atoms with van der Waals surface area (Å²) in [5, 5.41) is 1.05. The lowest BCUT2D eigenvalue weighted by molar-refractivity contribution is 0.0868. The number of carbonyl (C=O) groups is 1. The van der Waals surface area contributed by atoms with E-state index in [4.69, 9.17) is 0 Å². The largest absolute Gasteiger partial charge is 0.294 e. The fraction of sp³-hybridized carbons (Fsp3) is 0.412. The van der Waals surface area contributed by atoms with Gasteiger partial charge in [0.05, 0.1) is 5.52 Å². The van der Waals surface area contributed by atoms with E-state index in [0.717, 1.165) is 29.3 Å². The molecule has 1 aliphatic carbocycles. The van der Waals surface area contributed by atoms with E-state index in [1.54, 1.807) is 6.20 Å². The van der Waals surface area contributed by atoms with Crippen LogP contribution in [0.15, 0.2) is 36.5 Å². The van der Waals surface area contributed by atoms with Crippen LogP contribution < -0.4 is 0 Å². The summed E-state index contributed by atoms with van der Waals surface area (Å²) in [5.74, 6) is 1.22. The molecule has 19 heavy (non-hydrogen) atoms.